The van der Waals surface area contributed by atoms with E-state index in [0.29, 0.717) is 23.8 Å². The van der Waals surface area contributed by atoms with Gasteiger partial charge in [-0.1, -0.05) is 39.7 Å². The number of hydrogen-bond acceptors (Lipinski definition) is 2. The molecule has 0 unspecified atom stereocenters. The third-order valence-electron chi connectivity index (χ3n) is 8.95. The highest BCUT2D eigenvalue weighted by molar-refractivity contribution is 5.89. The molecule has 0 bridgehead atoms. The maximum absolute atomic E-state index is 11.8. The van der Waals surface area contributed by atoms with E-state index >= 15 is 0 Å². The lowest BCUT2D eigenvalue weighted by molar-refractivity contribution is -0.139. The molecule has 3 aliphatic carbocycles. The molecule has 25 heavy (non-hydrogen) atoms. The Labute approximate surface area is 152 Å². The van der Waals surface area contributed by atoms with E-state index in [9.17, 15) is 9.90 Å². The minimum absolute atomic E-state index is 0.0800. The normalized spacial score (nSPS) is 51.4. The highest BCUT2D eigenvalue weighted by Gasteiger charge is 2.63. The van der Waals surface area contributed by atoms with Crippen molar-refractivity contribution in [3.05, 3.63) is 12.2 Å². The summed E-state index contributed by atoms with van der Waals surface area (Å²) >= 11 is 0. The molecule has 0 spiro atoms. The summed E-state index contributed by atoms with van der Waals surface area (Å²) in [5.41, 5.74) is -0.260. The maximum atomic E-state index is 11.8. The summed E-state index contributed by atoms with van der Waals surface area (Å²) in [4.78, 5) is 11.8. The van der Waals surface area contributed by atoms with Crippen LogP contribution in [0.1, 0.15) is 78.6 Å². The monoisotopic (exact) mass is 345 g/mol. The van der Waals surface area contributed by atoms with Gasteiger partial charge in [0.2, 0.25) is 5.91 Å². The van der Waals surface area contributed by atoms with Crippen molar-refractivity contribution < 1.29 is 9.90 Å². The van der Waals surface area contributed by atoms with Gasteiger partial charge in [-0.3, -0.25) is 4.79 Å². The average molecular weight is 346 g/mol. The fraction of sp³-hybridized carbons (Fsp3) is 0.864. The lowest BCUT2D eigenvalue weighted by atomic mass is 9.47. The third kappa shape index (κ3) is 2.37. The first-order valence-corrected chi connectivity index (χ1v) is 10.6. The predicted molar refractivity (Wildman–Crippen MR) is 99.9 cm³/mol. The Morgan fingerprint density at radius 2 is 1.92 bits per heavy atom. The predicted octanol–water partition coefficient (Wildman–Crippen LogP) is 4.20. The number of aliphatic hydroxyl groups is 1. The standard InChI is InChI=1S/C22H35NO2/c1-4-5-11-22(25)14-9-17-15-6-7-18-20(2,12-10-19(24)23-18)16(15)8-13-21(17,22)3/h10,12,15-18,25H,4-9,11,13-14H2,1-3H3,(H,23,24)/t15-,16+,17+,18-,20-,21+,22+/m1/s1. The Morgan fingerprint density at radius 3 is 2.68 bits per heavy atom. The summed E-state index contributed by atoms with van der Waals surface area (Å²) in [5.74, 6) is 2.08. The van der Waals surface area contributed by atoms with Gasteiger partial charge in [0.1, 0.15) is 0 Å². The van der Waals surface area contributed by atoms with Crippen LogP contribution in [0.4, 0.5) is 0 Å². The van der Waals surface area contributed by atoms with E-state index in [1.807, 2.05) is 0 Å². The van der Waals surface area contributed by atoms with Crippen molar-refractivity contribution in [1.29, 1.82) is 0 Å². The molecule has 3 nitrogen and oxygen atoms in total. The van der Waals surface area contributed by atoms with Crippen molar-refractivity contribution in [2.24, 2.45) is 28.6 Å². The zero-order valence-electron chi connectivity index (χ0n) is 16.2. The molecule has 0 radical (unpaired) electrons. The van der Waals surface area contributed by atoms with E-state index in [1.54, 1.807) is 6.08 Å². The Hall–Kier alpha value is -0.830. The smallest absolute Gasteiger partial charge is 0.243 e. The van der Waals surface area contributed by atoms with Crippen molar-refractivity contribution in [2.45, 2.75) is 90.2 Å². The summed E-state index contributed by atoms with van der Waals surface area (Å²) in [6.45, 7) is 6.98. The number of carbonyl (C=O) groups excluding carboxylic acids is 1. The van der Waals surface area contributed by atoms with Gasteiger partial charge >= 0.3 is 0 Å². The van der Waals surface area contributed by atoms with E-state index in [-0.39, 0.29) is 16.7 Å². The van der Waals surface area contributed by atoms with E-state index in [1.165, 1.54) is 25.7 Å². The van der Waals surface area contributed by atoms with Crippen LogP contribution >= 0.6 is 0 Å². The number of hydrogen-bond donors (Lipinski definition) is 2. The van der Waals surface area contributed by atoms with Gasteiger partial charge in [-0.05, 0) is 74.2 Å². The summed E-state index contributed by atoms with van der Waals surface area (Å²) in [5, 5.41) is 14.8. The third-order valence-corrected chi connectivity index (χ3v) is 8.95. The molecule has 0 aromatic heterocycles. The van der Waals surface area contributed by atoms with Crippen LogP contribution in [-0.2, 0) is 4.79 Å². The molecule has 4 rings (SSSR count). The summed E-state index contributed by atoms with van der Waals surface area (Å²) < 4.78 is 0. The van der Waals surface area contributed by atoms with Crippen LogP contribution in [0.3, 0.4) is 0 Å². The Morgan fingerprint density at radius 1 is 1.16 bits per heavy atom. The fourth-order valence-corrected chi connectivity index (χ4v) is 7.32. The first kappa shape index (κ1) is 17.6. The molecule has 3 heteroatoms. The molecule has 3 fully saturated rings. The molecule has 1 amide bonds. The molecule has 1 aliphatic heterocycles. The van der Waals surface area contributed by atoms with Crippen LogP contribution in [0.5, 0.6) is 0 Å². The van der Waals surface area contributed by atoms with Crippen LogP contribution in [0.2, 0.25) is 0 Å². The fourth-order valence-electron chi connectivity index (χ4n) is 7.32. The van der Waals surface area contributed by atoms with Crippen molar-refractivity contribution in [3.63, 3.8) is 0 Å². The zero-order valence-corrected chi connectivity index (χ0v) is 16.2. The van der Waals surface area contributed by atoms with Gasteiger partial charge in [0.15, 0.2) is 0 Å². The second-order valence-electron chi connectivity index (χ2n) is 9.84. The molecule has 0 aromatic rings. The second-order valence-corrected chi connectivity index (χ2v) is 9.84. The molecular formula is C22H35NO2. The SMILES string of the molecule is CCCC[C@]1(O)CC[C@H]2[C@@H]3CC[C@H]4NC(=O)C=C[C@]4(C)[C@H]3CC[C@@]21C. The van der Waals surface area contributed by atoms with Gasteiger partial charge < -0.3 is 10.4 Å². The topological polar surface area (TPSA) is 49.3 Å². The zero-order chi connectivity index (χ0) is 17.9. The van der Waals surface area contributed by atoms with E-state index in [0.717, 1.165) is 32.1 Å². The van der Waals surface area contributed by atoms with Gasteiger partial charge in [-0.15, -0.1) is 0 Å². The van der Waals surface area contributed by atoms with Crippen LogP contribution in [0.15, 0.2) is 12.2 Å². The Bertz CT molecular complexity index is 587. The van der Waals surface area contributed by atoms with Crippen molar-refractivity contribution in [3.8, 4) is 0 Å². The van der Waals surface area contributed by atoms with E-state index in [2.05, 4.69) is 32.2 Å². The first-order valence-electron chi connectivity index (χ1n) is 10.6. The highest BCUT2D eigenvalue weighted by atomic mass is 16.3. The molecular weight excluding hydrogens is 310 g/mol. The lowest BCUT2D eigenvalue weighted by Crippen LogP contribution is -2.60. The largest absolute Gasteiger partial charge is 0.389 e. The average Bonchev–Trinajstić information content (AvgIpc) is 2.85. The molecule has 3 saturated carbocycles. The Kier molecular flexibility index (Phi) is 4.10. The number of unbranched alkanes of at least 4 members (excludes halogenated alkanes) is 1. The van der Waals surface area contributed by atoms with Gasteiger partial charge in [-0.2, -0.15) is 0 Å². The molecule has 1 heterocycles. The second kappa shape index (κ2) is 5.84. The number of fused-ring (bicyclic) bond motifs is 5. The molecule has 4 aliphatic rings. The number of carbonyl (C=O) groups is 1. The minimum atomic E-state index is -0.451. The van der Waals surface area contributed by atoms with E-state index < -0.39 is 5.60 Å². The molecule has 0 aromatic carbocycles. The van der Waals surface area contributed by atoms with Crippen LogP contribution in [-0.4, -0.2) is 22.7 Å². The van der Waals surface area contributed by atoms with Gasteiger partial charge in [0, 0.05) is 11.5 Å². The van der Waals surface area contributed by atoms with Crippen molar-refractivity contribution >= 4 is 5.91 Å². The maximum Gasteiger partial charge on any atom is 0.243 e. The first-order chi connectivity index (χ1) is 11.8. The molecule has 2 N–H and O–H groups in total. The van der Waals surface area contributed by atoms with Gasteiger partial charge in [-0.25, -0.2) is 0 Å². The number of nitrogens with one attached hydrogen (secondary N) is 1. The summed E-state index contributed by atoms with van der Waals surface area (Å²) in [6.07, 6.45) is 14.1. The van der Waals surface area contributed by atoms with Crippen LogP contribution < -0.4 is 5.32 Å². The van der Waals surface area contributed by atoms with Crippen molar-refractivity contribution in [2.75, 3.05) is 0 Å². The highest BCUT2D eigenvalue weighted by Crippen LogP contribution is 2.66. The minimum Gasteiger partial charge on any atom is -0.389 e. The van der Waals surface area contributed by atoms with E-state index in [4.69, 9.17) is 0 Å². The summed E-state index contributed by atoms with van der Waals surface area (Å²) in [7, 11) is 0. The summed E-state index contributed by atoms with van der Waals surface area (Å²) in [6, 6.07) is 0.302. The van der Waals surface area contributed by atoms with Gasteiger partial charge in [0.05, 0.1) is 5.60 Å². The molecule has 7 atom stereocenters. The number of rotatable bonds is 3. The quantitative estimate of drug-likeness (QED) is 0.805. The van der Waals surface area contributed by atoms with Crippen molar-refractivity contribution in [1.82, 2.24) is 5.32 Å². The van der Waals surface area contributed by atoms with Gasteiger partial charge in [0.25, 0.3) is 0 Å². The molecule has 0 saturated heterocycles. The lowest BCUT2D eigenvalue weighted by Gasteiger charge is -2.59. The van der Waals surface area contributed by atoms with Crippen LogP contribution in [0.25, 0.3) is 0 Å². The van der Waals surface area contributed by atoms with Crippen LogP contribution in [0, 0.1) is 28.6 Å². The number of amides is 1. The molecule has 140 valence electrons. The Balaban J connectivity index is 1.62.